The van der Waals surface area contributed by atoms with Gasteiger partial charge in [-0.3, -0.25) is 9.59 Å². The van der Waals surface area contributed by atoms with E-state index < -0.39 is 0 Å². The van der Waals surface area contributed by atoms with Gasteiger partial charge in [0.15, 0.2) is 0 Å². The van der Waals surface area contributed by atoms with E-state index in [9.17, 15) is 9.59 Å². The van der Waals surface area contributed by atoms with Gasteiger partial charge in [0.1, 0.15) is 0 Å². The molecular weight excluding hydrogens is 242 g/mol. The molecule has 0 radical (unpaired) electrons. The number of para-hydroxylation sites is 1. The summed E-state index contributed by atoms with van der Waals surface area (Å²) in [6.45, 7) is 0. The van der Waals surface area contributed by atoms with E-state index in [0.717, 1.165) is 31.4 Å². The Morgan fingerprint density at radius 3 is 2.37 bits per heavy atom. The molecule has 1 fully saturated rings. The Balaban J connectivity index is 2.05. The number of nitrogens with one attached hydrogen (secondary N) is 1. The van der Waals surface area contributed by atoms with E-state index in [4.69, 9.17) is 4.74 Å². The van der Waals surface area contributed by atoms with Crippen molar-refractivity contribution >= 4 is 17.6 Å². The van der Waals surface area contributed by atoms with Crippen molar-refractivity contribution in [1.29, 1.82) is 0 Å². The van der Waals surface area contributed by atoms with Crippen molar-refractivity contribution in [3.63, 3.8) is 0 Å². The van der Waals surface area contributed by atoms with Crippen LogP contribution in [0.1, 0.15) is 25.7 Å². The molecule has 1 aliphatic rings. The topological polar surface area (TPSA) is 55.4 Å². The Kier molecular flexibility index (Phi) is 4.55. The Morgan fingerprint density at radius 2 is 1.74 bits per heavy atom. The number of carbonyl (C=O) groups is 2. The molecule has 1 N–H and O–H groups in total. The molecule has 0 saturated heterocycles. The lowest BCUT2D eigenvalue weighted by molar-refractivity contribution is -0.151. The van der Waals surface area contributed by atoms with Gasteiger partial charge in [-0.25, -0.2) is 0 Å². The first kappa shape index (κ1) is 13.6. The molecule has 0 aliphatic heterocycles. The zero-order valence-corrected chi connectivity index (χ0v) is 11.1. The standard InChI is InChI=1S/C15H19NO3/c1-19-15(18)13-10-6-5-9-12(13)14(17)16-11-7-3-2-4-8-11/h2-4,7-8,12-13H,5-6,9-10H2,1H3,(H,16,17)/t12-,13-/m1/s1. The van der Waals surface area contributed by atoms with E-state index in [1.165, 1.54) is 7.11 Å². The number of hydrogen-bond donors (Lipinski definition) is 1. The fraction of sp³-hybridized carbons (Fsp3) is 0.467. The molecule has 0 unspecified atom stereocenters. The Bertz CT molecular complexity index is 444. The second-order valence-corrected chi connectivity index (χ2v) is 4.88. The largest absolute Gasteiger partial charge is 0.469 e. The maximum Gasteiger partial charge on any atom is 0.309 e. The first-order chi connectivity index (χ1) is 9.22. The maximum absolute atomic E-state index is 12.3. The van der Waals surface area contributed by atoms with E-state index in [0.29, 0.717) is 0 Å². The normalized spacial score (nSPS) is 22.6. The number of esters is 1. The van der Waals surface area contributed by atoms with Crippen molar-refractivity contribution in [2.24, 2.45) is 11.8 Å². The van der Waals surface area contributed by atoms with E-state index in [1.807, 2.05) is 30.3 Å². The number of rotatable bonds is 3. The Hall–Kier alpha value is -1.84. The van der Waals surface area contributed by atoms with Crippen LogP contribution in [-0.2, 0) is 14.3 Å². The van der Waals surface area contributed by atoms with Crippen LogP contribution in [-0.4, -0.2) is 19.0 Å². The lowest BCUT2D eigenvalue weighted by Gasteiger charge is -2.28. The summed E-state index contributed by atoms with van der Waals surface area (Å²) in [5.41, 5.74) is 0.765. The van der Waals surface area contributed by atoms with Gasteiger partial charge in [-0.2, -0.15) is 0 Å². The third-order valence-corrected chi connectivity index (χ3v) is 3.65. The predicted molar refractivity (Wildman–Crippen MR) is 72.5 cm³/mol. The van der Waals surface area contributed by atoms with Crippen LogP contribution < -0.4 is 5.32 Å². The minimum Gasteiger partial charge on any atom is -0.469 e. The van der Waals surface area contributed by atoms with Crippen LogP contribution in [0.3, 0.4) is 0 Å². The van der Waals surface area contributed by atoms with Gasteiger partial charge in [-0.05, 0) is 25.0 Å². The van der Waals surface area contributed by atoms with Crippen LogP contribution in [0.2, 0.25) is 0 Å². The number of ether oxygens (including phenoxy) is 1. The third kappa shape index (κ3) is 3.34. The van der Waals surface area contributed by atoms with Crippen molar-refractivity contribution in [2.75, 3.05) is 12.4 Å². The van der Waals surface area contributed by atoms with Gasteiger partial charge in [-0.1, -0.05) is 31.0 Å². The van der Waals surface area contributed by atoms with Crippen LogP contribution in [0.15, 0.2) is 30.3 Å². The van der Waals surface area contributed by atoms with Crippen molar-refractivity contribution in [2.45, 2.75) is 25.7 Å². The highest BCUT2D eigenvalue weighted by molar-refractivity contribution is 5.95. The van der Waals surface area contributed by atoms with Crippen molar-refractivity contribution in [3.05, 3.63) is 30.3 Å². The number of benzene rings is 1. The molecule has 0 heterocycles. The summed E-state index contributed by atoms with van der Waals surface area (Å²) in [7, 11) is 1.38. The number of methoxy groups -OCH3 is 1. The molecule has 1 aliphatic carbocycles. The number of carbonyl (C=O) groups excluding carboxylic acids is 2. The molecule has 4 heteroatoms. The molecule has 1 aromatic rings. The van der Waals surface area contributed by atoms with Crippen LogP contribution >= 0.6 is 0 Å². The van der Waals surface area contributed by atoms with Crippen LogP contribution in [0, 0.1) is 11.8 Å². The lowest BCUT2D eigenvalue weighted by atomic mass is 9.78. The Labute approximate surface area is 113 Å². The molecule has 0 bridgehead atoms. The summed E-state index contributed by atoms with van der Waals surface area (Å²) in [6.07, 6.45) is 3.45. The molecule has 102 valence electrons. The van der Waals surface area contributed by atoms with E-state index in [2.05, 4.69) is 5.32 Å². The minimum absolute atomic E-state index is 0.0821. The first-order valence-corrected chi connectivity index (χ1v) is 6.66. The number of amides is 1. The smallest absolute Gasteiger partial charge is 0.309 e. The average Bonchev–Trinajstić information content (AvgIpc) is 2.47. The summed E-state index contributed by atoms with van der Waals surface area (Å²) in [6, 6.07) is 9.32. The molecule has 19 heavy (non-hydrogen) atoms. The monoisotopic (exact) mass is 261 g/mol. The molecule has 2 atom stereocenters. The van der Waals surface area contributed by atoms with Crippen LogP contribution in [0.5, 0.6) is 0 Å². The summed E-state index contributed by atoms with van der Waals surface area (Å²) >= 11 is 0. The molecule has 2 rings (SSSR count). The van der Waals surface area contributed by atoms with Gasteiger partial charge < -0.3 is 10.1 Å². The van der Waals surface area contributed by atoms with Crippen LogP contribution in [0.4, 0.5) is 5.69 Å². The van der Waals surface area contributed by atoms with E-state index in [1.54, 1.807) is 0 Å². The summed E-state index contributed by atoms with van der Waals surface area (Å²) in [4.78, 5) is 24.0. The highest BCUT2D eigenvalue weighted by Gasteiger charge is 2.36. The fourth-order valence-electron chi connectivity index (χ4n) is 2.63. The van der Waals surface area contributed by atoms with Gasteiger partial charge >= 0.3 is 5.97 Å². The lowest BCUT2D eigenvalue weighted by Crippen LogP contribution is -2.36. The average molecular weight is 261 g/mol. The molecule has 0 aromatic heterocycles. The van der Waals surface area contributed by atoms with Crippen molar-refractivity contribution < 1.29 is 14.3 Å². The maximum atomic E-state index is 12.3. The van der Waals surface area contributed by atoms with E-state index in [-0.39, 0.29) is 23.7 Å². The summed E-state index contributed by atoms with van der Waals surface area (Å²) in [5, 5.41) is 2.87. The molecule has 1 amide bonds. The van der Waals surface area contributed by atoms with Crippen molar-refractivity contribution in [1.82, 2.24) is 0 Å². The van der Waals surface area contributed by atoms with Gasteiger partial charge in [0.25, 0.3) is 0 Å². The molecule has 4 nitrogen and oxygen atoms in total. The van der Waals surface area contributed by atoms with E-state index >= 15 is 0 Å². The zero-order valence-electron chi connectivity index (χ0n) is 11.1. The Morgan fingerprint density at radius 1 is 1.11 bits per heavy atom. The first-order valence-electron chi connectivity index (χ1n) is 6.66. The van der Waals surface area contributed by atoms with Crippen molar-refractivity contribution in [3.8, 4) is 0 Å². The minimum atomic E-state index is -0.303. The summed E-state index contributed by atoms with van der Waals surface area (Å²) < 4.78 is 4.80. The molecule has 0 spiro atoms. The third-order valence-electron chi connectivity index (χ3n) is 3.65. The second kappa shape index (κ2) is 6.36. The van der Waals surface area contributed by atoms with Gasteiger partial charge in [0.05, 0.1) is 18.9 Å². The number of hydrogen-bond acceptors (Lipinski definition) is 3. The molecular formula is C15H19NO3. The van der Waals surface area contributed by atoms with Gasteiger partial charge in [0, 0.05) is 5.69 Å². The highest BCUT2D eigenvalue weighted by atomic mass is 16.5. The highest BCUT2D eigenvalue weighted by Crippen LogP contribution is 2.31. The van der Waals surface area contributed by atoms with Gasteiger partial charge in [0.2, 0.25) is 5.91 Å². The number of anilines is 1. The summed E-state index contributed by atoms with van der Waals surface area (Å²) in [5.74, 6) is -0.932. The molecule has 1 aromatic carbocycles. The molecule has 1 saturated carbocycles. The SMILES string of the molecule is COC(=O)[C@@H]1CCCC[C@H]1C(=O)Nc1ccccc1. The van der Waals surface area contributed by atoms with Crippen LogP contribution in [0.25, 0.3) is 0 Å². The second-order valence-electron chi connectivity index (χ2n) is 4.88. The predicted octanol–water partition coefficient (Wildman–Crippen LogP) is 2.60. The van der Waals surface area contributed by atoms with Gasteiger partial charge in [-0.15, -0.1) is 0 Å². The fourth-order valence-corrected chi connectivity index (χ4v) is 2.63. The quantitative estimate of drug-likeness (QED) is 0.851. The zero-order chi connectivity index (χ0) is 13.7.